The molecule has 2 aromatic rings. The van der Waals surface area contributed by atoms with Crippen LogP contribution in [-0.4, -0.2) is 48.9 Å². The number of nitrogens with zero attached hydrogens (tertiary/aromatic N) is 1. The van der Waals surface area contributed by atoms with Crippen LogP contribution >= 0.6 is 0 Å². The summed E-state index contributed by atoms with van der Waals surface area (Å²) in [6.07, 6.45) is 3.75. The third-order valence-electron chi connectivity index (χ3n) is 8.80. The second-order valence-corrected chi connectivity index (χ2v) is 13.2. The van der Waals surface area contributed by atoms with Crippen LogP contribution in [0.1, 0.15) is 48.4 Å². The molecule has 33 heavy (non-hydrogen) atoms. The van der Waals surface area contributed by atoms with Gasteiger partial charge in [-0.1, -0.05) is 43.3 Å². The lowest BCUT2D eigenvalue weighted by Crippen LogP contribution is -2.45. The van der Waals surface area contributed by atoms with Gasteiger partial charge in [-0.2, -0.15) is 0 Å². The summed E-state index contributed by atoms with van der Waals surface area (Å²) in [4.78, 5) is 2.36. The van der Waals surface area contributed by atoms with E-state index in [1.54, 1.807) is 6.07 Å². The van der Waals surface area contributed by atoms with Crippen LogP contribution in [0.4, 0.5) is 4.39 Å². The van der Waals surface area contributed by atoms with Gasteiger partial charge in [0.2, 0.25) is 0 Å². The summed E-state index contributed by atoms with van der Waals surface area (Å²) in [6, 6.07) is 13.2. The lowest BCUT2D eigenvalue weighted by atomic mass is 9.86. The Balaban J connectivity index is 1.17. The summed E-state index contributed by atoms with van der Waals surface area (Å²) in [5.74, 6) is 0.523. The summed E-state index contributed by atoms with van der Waals surface area (Å²) in [6.45, 7) is 4.50. The van der Waals surface area contributed by atoms with E-state index < -0.39 is 15.4 Å². The number of sulfone groups is 1. The van der Waals surface area contributed by atoms with Gasteiger partial charge < -0.3 is 5.11 Å². The molecular formula is C27H32FNO3S. The van der Waals surface area contributed by atoms with Gasteiger partial charge in [-0.25, -0.2) is 12.8 Å². The van der Waals surface area contributed by atoms with Crippen LogP contribution in [0.15, 0.2) is 42.5 Å². The first-order valence-corrected chi connectivity index (χ1v) is 14.0. The monoisotopic (exact) mass is 469 g/mol. The number of hydrogen-bond acceptors (Lipinski definition) is 4. The molecule has 3 atom stereocenters. The molecule has 1 unspecified atom stereocenters. The van der Waals surface area contributed by atoms with E-state index in [0.29, 0.717) is 42.3 Å². The van der Waals surface area contributed by atoms with Gasteiger partial charge in [0, 0.05) is 37.9 Å². The minimum atomic E-state index is -3.13. The topological polar surface area (TPSA) is 57.6 Å². The maximum atomic E-state index is 15.0. The fraction of sp³-hybridized carbons (Fsp3) is 0.556. The summed E-state index contributed by atoms with van der Waals surface area (Å²) in [5, 5.41) is 11.1. The molecule has 2 aromatic carbocycles. The predicted octanol–water partition coefficient (Wildman–Crippen LogP) is 3.64. The lowest BCUT2D eigenvalue weighted by molar-refractivity contribution is 0.0138. The molecule has 0 amide bonds. The van der Waals surface area contributed by atoms with Gasteiger partial charge in [0.1, 0.15) is 5.82 Å². The first-order valence-electron chi connectivity index (χ1n) is 12.3. The number of halogens is 1. The smallest absolute Gasteiger partial charge is 0.157 e. The maximum Gasteiger partial charge on any atom is 0.157 e. The van der Waals surface area contributed by atoms with Crippen LogP contribution in [0, 0.1) is 17.7 Å². The second-order valence-electron chi connectivity index (χ2n) is 11.0. The number of rotatable bonds is 7. The number of β-amino-alcohol motifs (C(OH)–C–C–N with tert-alkyl or cyclic N) is 1. The Kier molecular flexibility index (Phi) is 4.86. The first-order chi connectivity index (χ1) is 15.7. The zero-order valence-corrected chi connectivity index (χ0v) is 20.0. The number of hydrogen-bond donors (Lipinski definition) is 1. The van der Waals surface area contributed by atoms with Crippen molar-refractivity contribution in [3.63, 3.8) is 0 Å². The van der Waals surface area contributed by atoms with Crippen molar-refractivity contribution in [2.24, 2.45) is 11.8 Å². The highest BCUT2D eigenvalue weighted by molar-refractivity contribution is 7.91. The van der Waals surface area contributed by atoms with Crippen LogP contribution in [-0.2, 0) is 33.8 Å². The molecule has 4 aliphatic rings. The van der Waals surface area contributed by atoms with Crippen LogP contribution < -0.4 is 0 Å². The van der Waals surface area contributed by atoms with Crippen molar-refractivity contribution >= 4 is 9.84 Å². The Morgan fingerprint density at radius 3 is 2.27 bits per heavy atom. The van der Waals surface area contributed by atoms with Crippen molar-refractivity contribution in [3.8, 4) is 0 Å². The Hall–Kier alpha value is -1.76. The lowest BCUT2D eigenvalue weighted by Gasteiger charge is -2.32. The van der Waals surface area contributed by atoms with E-state index in [4.69, 9.17) is 0 Å². The Labute approximate surface area is 195 Å². The van der Waals surface area contributed by atoms with Crippen LogP contribution in [0.3, 0.4) is 0 Å². The zero-order valence-electron chi connectivity index (χ0n) is 19.1. The van der Waals surface area contributed by atoms with E-state index in [2.05, 4.69) is 24.0 Å². The number of aliphatic hydroxyl groups is 1. The molecule has 6 heteroatoms. The van der Waals surface area contributed by atoms with Gasteiger partial charge >= 0.3 is 0 Å². The first kappa shape index (κ1) is 21.8. The summed E-state index contributed by atoms with van der Waals surface area (Å²) >= 11 is 0. The van der Waals surface area contributed by atoms with Crippen molar-refractivity contribution in [2.75, 3.05) is 19.6 Å². The normalized spacial score (nSPS) is 30.3. The molecule has 1 aliphatic heterocycles. The van der Waals surface area contributed by atoms with E-state index in [1.807, 2.05) is 18.2 Å². The second kappa shape index (κ2) is 7.37. The van der Waals surface area contributed by atoms with Crippen molar-refractivity contribution in [1.29, 1.82) is 0 Å². The highest BCUT2D eigenvalue weighted by atomic mass is 32.2. The molecule has 1 heterocycles. The minimum absolute atomic E-state index is 0.0137. The predicted molar refractivity (Wildman–Crippen MR) is 126 cm³/mol. The van der Waals surface area contributed by atoms with Crippen molar-refractivity contribution in [1.82, 2.24) is 4.90 Å². The molecule has 1 N–H and O–H groups in total. The molecule has 6 rings (SSSR count). The third kappa shape index (κ3) is 3.57. The van der Waals surface area contributed by atoms with Gasteiger partial charge in [-0.05, 0) is 59.4 Å². The standard InChI is InChI=1S/C27H32FNO3S/c1-2-27(22-11-18(7-10-25(22)28)16-33(31,32)21-8-9-21)23-14-29(15-24(23)27)17-26(30)12-19-5-3-4-6-20(19)13-26/h3-7,10-11,21,23-24,30H,2,8-9,12-17H2,1H3/t23-,24+,27?. The van der Waals surface area contributed by atoms with E-state index >= 15 is 4.39 Å². The Morgan fingerprint density at radius 1 is 1.06 bits per heavy atom. The summed E-state index contributed by atoms with van der Waals surface area (Å²) in [7, 11) is -3.13. The largest absolute Gasteiger partial charge is 0.388 e. The fourth-order valence-electron chi connectivity index (χ4n) is 7.06. The Bertz CT molecular complexity index is 1170. The van der Waals surface area contributed by atoms with Gasteiger partial charge in [-0.3, -0.25) is 4.90 Å². The van der Waals surface area contributed by atoms with Gasteiger partial charge in [-0.15, -0.1) is 0 Å². The molecular weight excluding hydrogens is 437 g/mol. The number of likely N-dealkylation sites (tertiary alicyclic amines) is 1. The molecule has 0 spiro atoms. The molecule has 0 bridgehead atoms. The van der Waals surface area contributed by atoms with Crippen molar-refractivity contribution < 1.29 is 17.9 Å². The van der Waals surface area contributed by atoms with Gasteiger partial charge in [0.25, 0.3) is 0 Å². The molecule has 3 fully saturated rings. The number of fused-ring (bicyclic) bond motifs is 2. The van der Waals surface area contributed by atoms with Gasteiger partial charge in [0.05, 0.1) is 16.6 Å². The average molecular weight is 470 g/mol. The minimum Gasteiger partial charge on any atom is -0.388 e. The van der Waals surface area contributed by atoms with Crippen LogP contribution in [0.5, 0.6) is 0 Å². The molecule has 176 valence electrons. The van der Waals surface area contributed by atoms with E-state index in [1.165, 1.54) is 17.2 Å². The van der Waals surface area contributed by atoms with Crippen molar-refractivity contribution in [3.05, 3.63) is 70.5 Å². The molecule has 3 aliphatic carbocycles. The maximum absolute atomic E-state index is 15.0. The quantitative estimate of drug-likeness (QED) is 0.673. The third-order valence-corrected chi connectivity index (χ3v) is 11.0. The van der Waals surface area contributed by atoms with E-state index in [-0.39, 0.29) is 22.2 Å². The summed E-state index contributed by atoms with van der Waals surface area (Å²) < 4.78 is 40.0. The molecule has 2 saturated carbocycles. The molecule has 1 saturated heterocycles. The average Bonchev–Trinajstić information content (AvgIpc) is 3.64. The highest BCUT2D eigenvalue weighted by Crippen LogP contribution is 2.66. The van der Waals surface area contributed by atoms with Crippen LogP contribution in [0.25, 0.3) is 0 Å². The SMILES string of the molecule is CCC1(c2cc(CS(=O)(=O)C3CC3)ccc2F)[C@@H]2CN(CC3(O)Cc4ccccc4C3)C[C@@H]21. The Morgan fingerprint density at radius 2 is 1.70 bits per heavy atom. The van der Waals surface area contributed by atoms with Crippen LogP contribution in [0.2, 0.25) is 0 Å². The van der Waals surface area contributed by atoms with E-state index in [9.17, 15) is 13.5 Å². The molecule has 0 aromatic heterocycles. The highest BCUT2D eigenvalue weighted by Gasteiger charge is 2.68. The number of piperidine rings is 1. The molecule has 4 nitrogen and oxygen atoms in total. The van der Waals surface area contributed by atoms with Gasteiger partial charge in [0.15, 0.2) is 9.84 Å². The van der Waals surface area contributed by atoms with Crippen molar-refractivity contribution in [2.45, 2.75) is 61.0 Å². The summed E-state index contributed by atoms with van der Waals surface area (Å²) in [5.41, 5.74) is 2.97. The molecule has 0 radical (unpaired) electrons. The zero-order chi connectivity index (χ0) is 23.0. The fourth-order valence-corrected chi connectivity index (χ4v) is 8.79. The number of benzene rings is 2. The van der Waals surface area contributed by atoms with E-state index in [0.717, 1.165) is 32.4 Å².